The predicted octanol–water partition coefficient (Wildman–Crippen LogP) is 2.13. The van der Waals surface area contributed by atoms with E-state index < -0.39 is 5.91 Å². The third kappa shape index (κ3) is 2.23. The zero-order valence-electron chi connectivity index (χ0n) is 9.02. The quantitative estimate of drug-likeness (QED) is 0.882. The molecule has 0 atom stereocenters. The largest absolute Gasteiger partial charge is 0.368 e. The molecule has 0 unspecified atom stereocenters. The van der Waals surface area contributed by atoms with Crippen LogP contribution in [-0.4, -0.2) is 15.9 Å². The lowest BCUT2D eigenvalue weighted by atomic mass is 10.1. The fourth-order valence-electron chi connectivity index (χ4n) is 1.49. The molecule has 2 rings (SSSR count). The van der Waals surface area contributed by atoms with Crippen molar-refractivity contribution in [2.75, 3.05) is 5.73 Å². The zero-order valence-corrected chi connectivity index (χ0v) is 10.5. The SMILES string of the molecule is NC(=O)c1nc(N)ncc1-c1cccc(Cl)c1Cl. The highest BCUT2D eigenvalue weighted by atomic mass is 35.5. The topological polar surface area (TPSA) is 94.9 Å². The molecule has 1 heterocycles. The number of nitrogens with zero attached hydrogens (tertiary/aromatic N) is 2. The Balaban J connectivity index is 2.71. The first-order chi connectivity index (χ1) is 8.50. The fourth-order valence-corrected chi connectivity index (χ4v) is 1.89. The molecule has 0 saturated carbocycles. The number of amides is 1. The van der Waals surface area contributed by atoms with E-state index in [-0.39, 0.29) is 11.6 Å². The van der Waals surface area contributed by atoms with Gasteiger partial charge in [0.05, 0.1) is 10.0 Å². The minimum absolute atomic E-state index is 0.00617. The van der Waals surface area contributed by atoms with Gasteiger partial charge in [0.2, 0.25) is 5.95 Å². The summed E-state index contributed by atoms with van der Waals surface area (Å²) >= 11 is 12.0. The van der Waals surface area contributed by atoms with Crippen LogP contribution in [0.3, 0.4) is 0 Å². The maximum atomic E-state index is 11.3. The Morgan fingerprint density at radius 1 is 1.22 bits per heavy atom. The second-order valence-electron chi connectivity index (χ2n) is 3.46. The summed E-state index contributed by atoms with van der Waals surface area (Å²) in [6.45, 7) is 0. The number of hydrogen-bond acceptors (Lipinski definition) is 4. The maximum Gasteiger partial charge on any atom is 0.268 e. The summed E-state index contributed by atoms with van der Waals surface area (Å²) in [5, 5.41) is 0.663. The Kier molecular flexibility index (Phi) is 3.36. The van der Waals surface area contributed by atoms with Crippen molar-refractivity contribution < 1.29 is 4.79 Å². The normalized spacial score (nSPS) is 10.3. The number of nitrogens with two attached hydrogens (primary N) is 2. The van der Waals surface area contributed by atoms with Crippen LogP contribution in [0.2, 0.25) is 10.0 Å². The average molecular weight is 283 g/mol. The van der Waals surface area contributed by atoms with Gasteiger partial charge in [-0.15, -0.1) is 0 Å². The van der Waals surface area contributed by atoms with Crippen molar-refractivity contribution in [3.8, 4) is 11.1 Å². The molecule has 0 radical (unpaired) electrons. The van der Waals surface area contributed by atoms with Gasteiger partial charge in [-0.1, -0.05) is 35.3 Å². The lowest BCUT2D eigenvalue weighted by Crippen LogP contribution is -2.16. The van der Waals surface area contributed by atoms with Crippen molar-refractivity contribution in [1.82, 2.24) is 9.97 Å². The number of aromatic nitrogens is 2. The van der Waals surface area contributed by atoms with Gasteiger partial charge in [0.25, 0.3) is 5.91 Å². The van der Waals surface area contributed by atoms with E-state index >= 15 is 0 Å². The number of halogens is 2. The van der Waals surface area contributed by atoms with Crippen LogP contribution in [0.5, 0.6) is 0 Å². The van der Waals surface area contributed by atoms with Gasteiger partial charge in [0.1, 0.15) is 5.69 Å². The second kappa shape index (κ2) is 4.80. The summed E-state index contributed by atoms with van der Waals surface area (Å²) in [6.07, 6.45) is 1.39. The van der Waals surface area contributed by atoms with Gasteiger partial charge in [0, 0.05) is 17.3 Å². The molecule has 0 saturated heterocycles. The Labute approximate surface area is 113 Å². The van der Waals surface area contributed by atoms with E-state index in [0.29, 0.717) is 21.2 Å². The van der Waals surface area contributed by atoms with Crippen LogP contribution in [0.15, 0.2) is 24.4 Å². The van der Waals surface area contributed by atoms with Crippen LogP contribution in [0.4, 0.5) is 5.95 Å². The molecule has 7 heteroatoms. The maximum absolute atomic E-state index is 11.3. The van der Waals surface area contributed by atoms with Crippen molar-refractivity contribution in [2.45, 2.75) is 0 Å². The Bertz CT molecular complexity index is 630. The summed E-state index contributed by atoms with van der Waals surface area (Å²) < 4.78 is 0. The van der Waals surface area contributed by atoms with Crippen LogP contribution in [-0.2, 0) is 0 Å². The first kappa shape index (κ1) is 12.6. The Hall–Kier alpha value is -1.85. The Morgan fingerprint density at radius 3 is 2.61 bits per heavy atom. The second-order valence-corrected chi connectivity index (χ2v) is 4.24. The van der Waals surface area contributed by atoms with Crippen molar-refractivity contribution in [3.63, 3.8) is 0 Å². The number of carbonyl (C=O) groups is 1. The van der Waals surface area contributed by atoms with Gasteiger partial charge >= 0.3 is 0 Å². The minimum atomic E-state index is -0.713. The molecule has 0 aliphatic heterocycles. The summed E-state index contributed by atoms with van der Waals surface area (Å²) in [7, 11) is 0. The molecule has 0 bridgehead atoms. The molecule has 4 N–H and O–H groups in total. The van der Waals surface area contributed by atoms with E-state index in [9.17, 15) is 4.79 Å². The van der Waals surface area contributed by atoms with E-state index in [1.807, 2.05) is 0 Å². The summed E-state index contributed by atoms with van der Waals surface area (Å²) in [4.78, 5) is 19.0. The lowest BCUT2D eigenvalue weighted by Gasteiger charge is -2.08. The van der Waals surface area contributed by atoms with Gasteiger partial charge in [-0.2, -0.15) is 0 Å². The van der Waals surface area contributed by atoms with Crippen molar-refractivity contribution in [2.24, 2.45) is 5.73 Å². The smallest absolute Gasteiger partial charge is 0.268 e. The number of carbonyl (C=O) groups excluding carboxylic acids is 1. The first-order valence-corrected chi connectivity index (χ1v) is 5.63. The van der Waals surface area contributed by atoms with Crippen molar-refractivity contribution >= 4 is 35.1 Å². The highest BCUT2D eigenvalue weighted by Gasteiger charge is 2.16. The standard InChI is InChI=1S/C11H8Cl2N4O/c12-7-3-1-2-5(8(7)13)6-4-16-11(15)17-9(6)10(14)18/h1-4H,(H2,14,18)(H2,15,16,17). The number of rotatable bonds is 2. The summed E-state index contributed by atoms with van der Waals surface area (Å²) in [6, 6.07) is 5.02. The molecular weight excluding hydrogens is 275 g/mol. The summed E-state index contributed by atoms with van der Waals surface area (Å²) in [5.41, 5.74) is 11.6. The third-order valence-electron chi connectivity index (χ3n) is 2.28. The highest BCUT2D eigenvalue weighted by Crippen LogP contribution is 2.34. The molecule has 92 valence electrons. The van der Waals surface area contributed by atoms with E-state index in [0.717, 1.165) is 0 Å². The number of primary amides is 1. The van der Waals surface area contributed by atoms with Crippen LogP contribution in [0.1, 0.15) is 10.5 Å². The molecule has 0 aliphatic rings. The third-order valence-corrected chi connectivity index (χ3v) is 3.10. The zero-order chi connectivity index (χ0) is 13.3. The van der Waals surface area contributed by atoms with Gasteiger partial charge in [0.15, 0.2) is 0 Å². The van der Waals surface area contributed by atoms with Gasteiger partial charge in [-0.05, 0) is 6.07 Å². The molecule has 1 aromatic carbocycles. The molecule has 0 aliphatic carbocycles. The number of hydrogen-bond donors (Lipinski definition) is 2. The molecule has 1 amide bonds. The summed E-state index contributed by atoms with van der Waals surface area (Å²) in [5.74, 6) is -0.749. The fraction of sp³-hybridized carbons (Fsp3) is 0. The molecule has 2 aromatic rings. The first-order valence-electron chi connectivity index (χ1n) is 4.87. The average Bonchev–Trinajstić information content (AvgIpc) is 2.33. The van der Waals surface area contributed by atoms with Crippen LogP contribution < -0.4 is 11.5 Å². The monoisotopic (exact) mass is 282 g/mol. The minimum Gasteiger partial charge on any atom is -0.368 e. The highest BCUT2D eigenvalue weighted by molar-refractivity contribution is 6.43. The van der Waals surface area contributed by atoms with E-state index in [1.165, 1.54) is 6.20 Å². The van der Waals surface area contributed by atoms with Crippen LogP contribution in [0.25, 0.3) is 11.1 Å². The number of nitrogen functional groups attached to an aromatic ring is 1. The van der Waals surface area contributed by atoms with Crippen LogP contribution in [0, 0.1) is 0 Å². The van der Waals surface area contributed by atoms with E-state index in [1.54, 1.807) is 18.2 Å². The van der Waals surface area contributed by atoms with E-state index in [4.69, 9.17) is 34.7 Å². The molecule has 18 heavy (non-hydrogen) atoms. The van der Waals surface area contributed by atoms with Gasteiger partial charge < -0.3 is 11.5 Å². The van der Waals surface area contributed by atoms with E-state index in [2.05, 4.69) is 9.97 Å². The number of benzene rings is 1. The molecule has 0 fully saturated rings. The number of anilines is 1. The lowest BCUT2D eigenvalue weighted by molar-refractivity contribution is 0.0996. The molecule has 1 aromatic heterocycles. The Morgan fingerprint density at radius 2 is 1.94 bits per heavy atom. The van der Waals surface area contributed by atoms with Gasteiger partial charge in [-0.25, -0.2) is 9.97 Å². The van der Waals surface area contributed by atoms with Gasteiger partial charge in [-0.3, -0.25) is 4.79 Å². The van der Waals surface area contributed by atoms with Crippen molar-refractivity contribution in [1.29, 1.82) is 0 Å². The molecular formula is C11H8Cl2N4O. The predicted molar refractivity (Wildman–Crippen MR) is 70.4 cm³/mol. The molecule has 5 nitrogen and oxygen atoms in total. The van der Waals surface area contributed by atoms with Crippen molar-refractivity contribution in [3.05, 3.63) is 40.1 Å². The molecule has 0 spiro atoms. The van der Waals surface area contributed by atoms with Crippen LogP contribution >= 0.6 is 23.2 Å².